The van der Waals surface area contributed by atoms with Crippen molar-refractivity contribution in [3.63, 3.8) is 0 Å². The van der Waals surface area contributed by atoms with Gasteiger partial charge in [0.15, 0.2) is 22.5 Å². The van der Waals surface area contributed by atoms with Crippen molar-refractivity contribution >= 4 is 17.2 Å². The van der Waals surface area contributed by atoms with Crippen LogP contribution in [0.5, 0.6) is 0 Å². The largest absolute Gasteiger partial charge is 0.437 e. The maximum absolute atomic E-state index is 6.12. The second-order valence-corrected chi connectivity index (χ2v) is 4.81. The molecule has 3 heterocycles. The van der Waals surface area contributed by atoms with E-state index in [0.717, 1.165) is 16.8 Å². The average Bonchev–Trinajstić information content (AvgIpc) is 2.90. The molecule has 0 amide bonds. The molecule has 0 spiro atoms. The van der Waals surface area contributed by atoms with E-state index >= 15 is 0 Å². The van der Waals surface area contributed by atoms with E-state index in [0.29, 0.717) is 28.3 Å². The monoisotopic (exact) mass is 277 g/mol. The molecule has 3 rings (SSSR count). The lowest BCUT2D eigenvalue weighted by Gasteiger charge is -2.04. The highest BCUT2D eigenvalue weighted by Crippen LogP contribution is 2.26. The second kappa shape index (κ2) is 4.03. The van der Waals surface area contributed by atoms with Crippen LogP contribution in [0.3, 0.4) is 0 Å². The zero-order valence-electron chi connectivity index (χ0n) is 11.0. The molecule has 19 heavy (non-hydrogen) atoms. The Kier molecular flexibility index (Phi) is 2.56. The van der Waals surface area contributed by atoms with Crippen molar-refractivity contribution < 1.29 is 4.42 Å². The maximum Gasteiger partial charge on any atom is 0.222 e. The lowest BCUT2D eigenvalue weighted by atomic mass is 10.2. The first-order chi connectivity index (χ1) is 8.99. The fraction of sp³-hybridized carbons (Fsp3) is 0.333. The molecule has 0 aromatic carbocycles. The Labute approximate surface area is 114 Å². The molecular formula is C12H12ClN5O. The minimum Gasteiger partial charge on any atom is -0.437 e. The van der Waals surface area contributed by atoms with Crippen molar-refractivity contribution in [1.29, 1.82) is 0 Å². The van der Waals surface area contributed by atoms with Gasteiger partial charge in [0, 0.05) is 12.5 Å². The average molecular weight is 278 g/mol. The molecule has 0 unspecified atom stereocenters. The summed E-state index contributed by atoms with van der Waals surface area (Å²) in [6.45, 7) is 7.49. The molecule has 0 saturated heterocycles. The van der Waals surface area contributed by atoms with Crippen LogP contribution in [-0.2, 0) is 0 Å². The summed E-state index contributed by atoms with van der Waals surface area (Å²) in [4.78, 5) is 4.23. The number of aryl methyl sites for hydroxylation is 3. The Balaban J connectivity index is 2.35. The van der Waals surface area contributed by atoms with Gasteiger partial charge in [-0.3, -0.25) is 0 Å². The molecule has 0 saturated carbocycles. The van der Waals surface area contributed by atoms with Gasteiger partial charge in [-0.2, -0.15) is 9.61 Å². The van der Waals surface area contributed by atoms with Crippen LogP contribution in [-0.4, -0.2) is 24.8 Å². The van der Waals surface area contributed by atoms with Crippen molar-refractivity contribution in [2.75, 3.05) is 0 Å². The molecule has 0 aliphatic rings. The molecule has 0 bridgehead atoms. The molecular weight excluding hydrogens is 266 g/mol. The predicted octanol–water partition coefficient (Wildman–Crippen LogP) is 2.67. The molecule has 0 N–H and O–H groups in total. The summed E-state index contributed by atoms with van der Waals surface area (Å²) in [5.74, 6) is 1.66. The normalized spacial score (nSPS) is 11.4. The summed E-state index contributed by atoms with van der Waals surface area (Å²) in [5.41, 5.74) is 3.28. The van der Waals surface area contributed by atoms with Crippen molar-refractivity contribution in [2.24, 2.45) is 0 Å². The van der Waals surface area contributed by atoms with Crippen molar-refractivity contribution in [3.8, 4) is 11.6 Å². The summed E-state index contributed by atoms with van der Waals surface area (Å²) >= 11 is 6.12. The van der Waals surface area contributed by atoms with Crippen molar-refractivity contribution in [2.45, 2.75) is 27.7 Å². The summed E-state index contributed by atoms with van der Waals surface area (Å²) in [6.07, 6.45) is 0. The second-order valence-electron chi connectivity index (χ2n) is 4.45. The SMILES string of the molecule is Cc1nc(C)c(-c2nnc3c(C)c(C)c(Cl)nn23)o1. The van der Waals surface area contributed by atoms with Gasteiger partial charge in [-0.25, -0.2) is 4.98 Å². The van der Waals surface area contributed by atoms with Gasteiger partial charge in [0.05, 0.1) is 5.69 Å². The van der Waals surface area contributed by atoms with Crippen LogP contribution < -0.4 is 0 Å². The van der Waals surface area contributed by atoms with Gasteiger partial charge in [-0.1, -0.05) is 11.6 Å². The standard InChI is InChI=1S/C12H12ClN5O/c1-5-6(2)11-15-16-12(18(11)17-10(5)13)9-7(3)14-8(4)19-9/h1-4H3. The molecule has 0 radical (unpaired) electrons. The molecule has 3 aromatic heterocycles. The van der Waals surface area contributed by atoms with Crippen LogP contribution in [0.25, 0.3) is 17.2 Å². The van der Waals surface area contributed by atoms with Crippen LogP contribution in [0, 0.1) is 27.7 Å². The van der Waals surface area contributed by atoms with E-state index in [1.54, 1.807) is 11.4 Å². The van der Waals surface area contributed by atoms with Gasteiger partial charge < -0.3 is 4.42 Å². The van der Waals surface area contributed by atoms with Gasteiger partial charge in [0.1, 0.15) is 0 Å². The molecule has 6 nitrogen and oxygen atoms in total. The summed E-state index contributed by atoms with van der Waals surface area (Å²) < 4.78 is 7.15. The number of nitrogens with zero attached hydrogens (tertiary/aromatic N) is 5. The first kappa shape index (κ1) is 12.1. The van der Waals surface area contributed by atoms with Gasteiger partial charge in [0.2, 0.25) is 5.82 Å². The molecule has 0 aliphatic carbocycles. The maximum atomic E-state index is 6.12. The number of halogens is 1. The lowest BCUT2D eigenvalue weighted by Crippen LogP contribution is -2.00. The quantitative estimate of drug-likeness (QED) is 0.684. The Bertz CT molecular complexity index is 789. The van der Waals surface area contributed by atoms with Gasteiger partial charge in [0.25, 0.3) is 0 Å². The van der Waals surface area contributed by atoms with Crippen LogP contribution >= 0.6 is 11.6 Å². The Morgan fingerprint density at radius 3 is 2.42 bits per heavy atom. The van der Waals surface area contributed by atoms with E-state index in [1.165, 1.54) is 0 Å². The molecule has 0 aliphatic heterocycles. The highest BCUT2D eigenvalue weighted by molar-refractivity contribution is 6.30. The van der Waals surface area contributed by atoms with E-state index in [9.17, 15) is 0 Å². The summed E-state index contributed by atoms with van der Waals surface area (Å²) in [6, 6.07) is 0. The third-order valence-electron chi connectivity index (χ3n) is 3.14. The predicted molar refractivity (Wildman–Crippen MR) is 70.2 cm³/mol. The molecule has 98 valence electrons. The van der Waals surface area contributed by atoms with Gasteiger partial charge in [-0.15, -0.1) is 10.2 Å². The minimum absolute atomic E-state index is 0.431. The third kappa shape index (κ3) is 1.71. The van der Waals surface area contributed by atoms with Crippen LogP contribution in [0.4, 0.5) is 0 Å². The van der Waals surface area contributed by atoms with E-state index in [4.69, 9.17) is 16.0 Å². The van der Waals surface area contributed by atoms with Crippen molar-refractivity contribution in [3.05, 3.63) is 27.9 Å². The number of fused-ring (bicyclic) bond motifs is 1. The number of oxazole rings is 1. The molecule has 7 heteroatoms. The Hall–Kier alpha value is -1.95. The Morgan fingerprint density at radius 1 is 1.05 bits per heavy atom. The smallest absolute Gasteiger partial charge is 0.222 e. The van der Waals surface area contributed by atoms with E-state index in [-0.39, 0.29) is 0 Å². The number of hydrogen-bond donors (Lipinski definition) is 0. The van der Waals surface area contributed by atoms with Crippen molar-refractivity contribution in [1.82, 2.24) is 24.8 Å². The highest BCUT2D eigenvalue weighted by atomic mass is 35.5. The zero-order chi connectivity index (χ0) is 13.7. The van der Waals surface area contributed by atoms with E-state index < -0.39 is 0 Å². The minimum atomic E-state index is 0.431. The molecule has 0 fully saturated rings. The Morgan fingerprint density at radius 2 is 1.79 bits per heavy atom. The number of hydrogen-bond acceptors (Lipinski definition) is 5. The number of rotatable bonds is 1. The fourth-order valence-corrected chi connectivity index (χ4v) is 2.19. The van der Waals surface area contributed by atoms with Crippen LogP contribution in [0.2, 0.25) is 5.15 Å². The first-order valence-corrected chi connectivity index (χ1v) is 6.19. The topological polar surface area (TPSA) is 69.1 Å². The van der Waals surface area contributed by atoms with E-state index in [1.807, 2.05) is 20.8 Å². The first-order valence-electron chi connectivity index (χ1n) is 5.81. The number of aromatic nitrogens is 5. The van der Waals surface area contributed by atoms with E-state index in [2.05, 4.69) is 20.3 Å². The fourth-order valence-electron chi connectivity index (χ4n) is 1.97. The molecule has 3 aromatic rings. The van der Waals surface area contributed by atoms with Gasteiger partial charge >= 0.3 is 0 Å². The van der Waals surface area contributed by atoms with Crippen LogP contribution in [0.15, 0.2) is 4.42 Å². The van der Waals surface area contributed by atoms with Gasteiger partial charge in [-0.05, 0) is 26.3 Å². The third-order valence-corrected chi connectivity index (χ3v) is 3.50. The summed E-state index contributed by atoms with van der Waals surface area (Å²) in [7, 11) is 0. The van der Waals surface area contributed by atoms with Crippen LogP contribution in [0.1, 0.15) is 22.7 Å². The lowest BCUT2D eigenvalue weighted by molar-refractivity contribution is 0.528. The zero-order valence-corrected chi connectivity index (χ0v) is 11.8. The highest BCUT2D eigenvalue weighted by Gasteiger charge is 2.19. The summed E-state index contributed by atoms with van der Waals surface area (Å²) in [5, 5.41) is 13.0. The molecule has 0 atom stereocenters.